The van der Waals surface area contributed by atoms with Crippen LogP contribution < -0.4 is 0 Å². The molecular formula is C13H25N. The van der Waals surface area contributed by atoms with E-state index in [4.69, 9.17) is 0 Å². The lowest BCUT2D eigenvalue weighted by Crippen LogP contribution is -2.56. The number of nitrogens with zero attached hydrogens (tertiary/aromatic N) is 1. The van der Waals surface area contributed by atoms with Gasteiger partial charge in [0.05, 0.1) is 0 Å². The lowest BCUT2D eigenvalue weighted by molar-refractivity contribution is -0.0390. The van der Waals surface area contributed by atoms with E-state index in [-0.39, 0.29) is 0 Å². The molecule has 2 atom stereocenters. The van der Waals surface area contributed by atoms with Crippen LogP contribution in [0.15, 0.2) is 0 Å². The van der Waals surface area contributed by atoms with Crippen LogP contribution >= 0.6 is 0 Å². The van der Waals surface area contributed by atoms with E-state index < -0.39 is 0 Å². The van der Waals surface area contributed by atoms with E-state index in [0.29, 0.717) is 0 Å². The van der Waals surface area contributed by atoms with Crippen LogP contribution in [0.2, 0.25) is 0 Å². The molecule has 2 fully saturated rings. The van der Waals surface area contributed by atoms with Gasteiger partial charge in [0.2, 0.25) is 0 Å². The second kappa shape index (κ2) is 3.84. The van der Waals surface area contributed by atoms with Crippen molar-refractivity contribution in [1.29, 1.82) is 0 Å². The van der Waals surface area contributed by atoms with E-state index in [2.05, 4.69) is 32.6 Å². The third-order valence-electron chi connectivity index (χ3n) is 4.51. The van der Waals surface area contributed by atoms with Gasteiger partial charge in [-0.1, -0.05) is 13.8 Å². The van der Waals surface area contributed by atoms with Crippen molar-refractivity contribution >= 4 is 0 Å². The Hall–Kier alpha value is -0.0400. The third kappa shape index (κ3) is 1.71. The Kier molecular flexibility index (Phi) is 2.88. The molecule has 2 rings (SSSR count). The fourth-order valence-corrected chi connectivity index (χ4v) is 3.21. The maximum absolute atomic E-state index is 2.61. The zero-order valence-corrected chi connectivity index (χ0v) is 10.2. The molecule has 0 radical (unpaired) electrons. The molecule has 0 amide bonds. The van der Waals surface area contributed by atoms with Crippen molar-refractivity contribution in [3.05, 3.63) is 0 Å². The van der Waals surface area contributed by atoms with Crippen molar-refractivity contribution in [3.63, 3.8) is 0 Å². The van der Waals surface area contributed by atoms with Crippen LogP contribution in [0.4, 0.5) is 0 Å². The lowest BCUT2D eigenvalue weighted by atomic mass is 9.61. The Morgan fingerprint density at radius 3 is 2.00 bits per heavy atom. The first-order valence-electron chi connectivity index (χ1n) is 6.33. The summed E-state index contributed by atoms with van der Waals surface area (Å²) in [6, 6.07) is 0.767. The van der Waals surface area contributed by atoms with Crippen LogP contribution in [-0.4, -0.2) is 24.0 Å². The van der Waals surface area contributed by atoms with E-state index in [1.807, 2.05) is 0 Å². The van der Waals surface area contributed by atoms with Crippen molar-refractivity contribution in [2.45, 2.75) is 46.6 Å². The first kappa shape index (κ1) is 10.5. The van der Waals surface area contributed by atoms with E-state index in [1.165, 1.54) is 25.9 Å². The molecule has 1 heterocycles. The molecule has 1 aliphatic carbocycles. The minimum atomic E-state index is 0.767. The van der Waals surface area contributed by atoms with Crippen molar-refractivity contribution in [1.82, 2.24) is 4.90 Å². The Morgan fingerprint density at radius 2 is 1.64 bits per heavy atom. The average molecular weight is 195 g/mol. The summed E-state index contributed by atoms with van der Waals surface area (Å²) < 4.78 is 0. The van der Waals surface area contributed by atoms with Gasteiger partial charge in [0.15, 0.2) is 0 Å². The van der Waals surface area contributed by atoms with Crippen LogP contribution in [0, 0.1) is 23.7 Å². The van der Waals surface area contributed by atoms with Gasteiger partial charge in [-0.3, -0.25) is 0 Å². The van der Waals surface area contributed by atoms with Crippen molar-refractivity contribution in [2.24, 2.45) is 23.7 Å². The highest BCUT2D eigenvalue weighted by atomic mass is 15.2. The van der Waals surface area contributed by atoms with Crippen molar-refractivity contribution in [2.75, 3.05) is 13.1 Å². The van der Waals surface area contributed by atoms with Crippen LogP contribution in [-0.2, 0) is 0 Å². The molecule has 1 saturated carbocycles. The number of hydrogen-bond acceptors (Lipinski definition) is 1. The molecule has 0 aromatic heterocycles. The third-order valence-corrected chi connectivity index (χ3v) is 4.51. The molecule has 82 valence electrons. The molecule has 2 unspecified atom stereocenters. The van der Waals surface area contributed by atoms with Gasteiger partial charge >= 0.3 is 0 Å². The molecule has 0 aromatic rings. The van der Waals surface area contributed by atoms with Crippen molar-refractivity contribution in [3.8, 4) is 0 Å². The molecule has 1 aliphatic heterocycles. The standard InChI is InChI=1S/C13H25N/c1-9(2)12-5-6-13(12)11-7-14(8-11)10(3)4/h9-13H,5-8H2,1-4H3. The molecular weight excluding hydrogens is 170 g/mol. The van der Waals surface area contributed by atoms with Crippen LogP contribution in [0.5, 0.6) is 0 Å². The molecule has 0 N–H and O–H groups in total. The Labute approximate surface area is 88.9 Å². The smallest absolute Gasteiger partial charge is 0.00388 e. The fraction of sp³-hybridized carbons (Fsp3) is 1.00. The van der Waals surface area contributed by atoms with Gasteiger partial charge in [-0.05, 0) is 50.4 Å². The maximum atomic E-state index is 2.61. The van der Waals surface area contributed by atoms with Gasteiger partial charge in [-0.2, -0.15) is 0 Å². The van der Waals surface area contributed by atoms with Crippen LogP contribution in [0.3, 0.4) is 0 Å². The SMILES string of the molecule is CC(C)C1CCC1C1CN(C(C)C)C1. The summed E-state index contributed by atoms with van der Waals surface area (Å²) in [6.07, 6.45) is 3.01. The summed E-state index contributed by atoms with van der Waals surface area (Å²) in [7, 11) is 0. The summed E-state index contributed by atoms with van der Waals surface area (Å²) in [4.78, 5) is 2.61. The fourth-order valence-electron chi connectivity index (χ4n) is 3.21. The van der Waals surface area contributed by atoms with Gasteiger partial charge in [-0.25, -0.2) is 0 Å². The summed E-state index contributed by atoms with van der Waals surface area (Å²) in [5.41, 5.74) is 0. The number of hydrogen-bond donors (Lipinski definition) is 0. The maximum Gasteiger partial charge on any atom is 0.00388 e. The predicted molar refractivity (Wildman–Crippen MR) is 61.3 cm³/mol. The summed E-state index contributed by atoms with van der Waals surface area (Å²) >= 11 is 0. The van der Waals surface area contributed by atoms with E-state index in [9.17, 15) is 0 Å². The highest BCUT2D eigenvalue weighted by Crippen LogP contribution is 2.46. The lowest BCUT2D eigenvalue weighted by Gasteiger charge is -2.53. The molecule has 1 saturated heterocycles. The van der Waals surface area contributed by atoms with Crippen LogP contribution in [0.25, 0.3) is 0 Å². The molecule has 0 spiro atoms. The minimum absolute atomic E-state index is 0.767. The van der Waals surface area contributed by atoms with Gasteiger partial charge in [-0.15, -0.1) is 0 Å². The highest BCUT2D eigenvalue weighted by molar-refractivity contribution is 4.94. The van der Waals surface area contributed by atoms with Crippen LogP contribution in [0.1, 0.15) is 40.5 Å². The van der Waals surface area contributed by atoms with Gasteiger partial charge in [0.1, 0.15) is 0 Å². The zero-order valence-electron chi connectivity index (χ0n) is 10.2. The Balaban J connectivity index is 1.77. The molecule has 0 bridgehead atoms. The second-order valence-electron chi connectivity index (χ2n) is 5.96. The molecule has 0 aromatic carbocycles. The molecule has 2 aliphatic rings. The molecule has 1 heteroatoms. The van der Waals surface area contributed by atoms with Gasteiger partial charge < -0.3 is 4.90 Å². The normalized spacial score (nSPS) is 34.7. The summed E-state index contributed by atoms with van der Waals surface area (Å²) in [5.74, 6) is 4.08. The van der Waals surface area contributed by atoms with E-state index in [1.54, 1.807) is 0 Å². The molecule has 14 heavy (non-hydrogen) atoms. The van der Waals surface area contributed by atoms with E-state index >= 15 is 0 Å². The second-order valence-corrected chi connectivity index (χ2v) is 5.96. The quantitative estimate of drug-likeness (QED) is 0.669. The largest absolute Gasteiger partial charge is 0.300 e. The summed E-state index contributed by atoms with van der Waals surface area (Å²) in [6.45, 7) is 12.2. The van der Waals surface area contributed by atoms with Crippen molar-refractivity contribution < 1.29 is 0 Å². The first-order chi connectivity index (χ1) is 6.59. The highest BCUT2D eigenvalue weighted by Gasteiger charge is 2.43. The zero-order chi connectivity index (χ0) is 10.3. The average Bonchev–Trinajstić information content (AvgIpc) is 1.90. The van der Waals surface area contributed by atoms with Gasteiger partial charge in [0, 0.05) is 19.1 Å². The van der Waals surface area contributed by atoms with E-state index in [0.717, 1.165) is 29.7 Å². The predicted octanol–water partition coefficient (Wildman–Crippen LogP) is 3.01. The Morgan fingerprint density at radius 1 is 1.00 bits per heavy atom. The van der Waals surface area contributed by atoms with Gasteiger partial charge in [0.25, 0.3) is 0 Å². The Bertz CT molecular complexity index is 191. The minimum Gasteiger partial charge on any atom is -0.300 e. The number of likely N-dealkylation sites (tertiary alicyclic amines) is 1. The topological polar surface area (TPSA) is 3.24 Å². The molecule has 1 nitrogen and oxygen atoms in total. The monoisotopic (exact) mass is 195 g/mol. The summed E-state index contributed by atoms with van der Waals surface area (Å²) in [5, 5.41) is 0. The number of rotatable bonds is 3. The first-order valence-corrected chi connectivity index (χ1v) is 6.33.